The van der Waals surface area contributed by atoms with Crippen molar-refractivity contribution in [3.63, 3.8) is 0 Å². The second-order valence-electron chi connectivity index (χ2n) is 5.70. The number of aromatic nitrogens is 3. The average molecular weight is 293 g/mol. The van der Waals surface area contributed by atoms with Crippen LogP contribution in [0.3, 0.4) is 0 Å². The van der Waals surface area contributed by atoms with Crippen LogP contribution in [0.1, 0.15) is 36.2 Å². The molecule has 1 unspecified atom stereocenters. The highest BCUT2D eigenvalue weighted by molar-refractivity contribution is 5.90. The van der Waals surface area contributed by atoms with Crippen molar-refractivity contribution in [3.8, 4) is 0 Å². The van der Waals surface area contributed by atoms with Gasteiger partial charge in [0.2, 0.25) is 5.82 Å². The normalized spacial score (nSPS) is 23.7. The van der Waals surface area contributed by atoms with E-state index in [-0.39, 0.29) is 5.91 Å². The zero-order valence-corrected chi connectivity index (χ0v) is 12.5. The molecule has 7 heteroatoms. The van der Waals surface area contributed by atoms with E-state index in [2.05, 4.69) is 27.0 Å². The third-order valence-electron chi connectivity index (χ3n) is 4.22. The Balaban J connectivity index is 1.58. The van der Waals surface area contributed by atoms with Crippen LogP contribution in [-0.4, -0.2) is 76.3 Å². The molecule has 0 saturated carbocycles. The minimum atomic E-state index is -0.0515. The number of ether oxygens (including phenoxy) is 1. The largest absolute Gasteiger partial charge is 0.379 e. The van der Waals surface area contributed by atoms with Gasteiger partial charge in [-0.05, 0) is 12.8 Å². The maximum absolute atomic E-state index is 12.4. The molecule has 7 nitrogen and oxygen atoms in total. The molecule has 21 heavy (non-hydrogen) atoms. The Bertz CT molecular complexity index is 483. The zero-order valence-electron chi connectivity index (χ0n) is 12.5. The van der Waals surface area contributed by atoms with E-state index >= 15 is 0 Å². The Hall–Kier alpha value is -1.47. The second kappa shape index (κ2) is 6.53. The number of morpholine rings is 1. The quantitative estimate of drug-likeness (QED) is 0.864. The van der Waals surface area contributed by atoms with Gasteiger partial charge in [0.25, 0.3) is 5.91 Å². The fraction of sp³-hybridized carbons (Fsp3) is 0.786. The summed E-state index contributed by atoms with van der Waals surface area (Å²) in [5, 5.41) is 6.91. The number of rotatable bonds is 4. The second-order valence-corrected chi connectivity index (χ2v) is 5.70. The SMILES string of the molecule is CCCc1nc(C(=O)N2CCC(N3CCOCC3)C2)n[nH]1. The van der Waals surface area contributed by atoms with Crippen LogP contribution in [0, 0.1) is 0 Å². The summed E-state index contributed by atoms with van der Waals surface area (Å²) < 4.78 is 5.38. The number of carbonyl (C=O) groups is 1. The molecule has 3 rings (SSSR count). The first-order valence-corrected chi connectivity index (χ1v) is 7.80. The van der Waals surface area contributed by atoms with E-state index in [4.69, 9.17) is 4.74 Å². The van der Waals surface area contributed by atoms with Gasteiger partial charge < -0.3 is 9.64 Å². The van der Waals surface area contributed by atoms with Gasteiger partial charge in [0, 0.05) is 38.6 Å². The van der Waals surface area contributed by atoms with Crippen molar-refractivity contribution >= 4 is 5.91 Å². The molecule has 2 aliphatic rings. The van der Waals surface area contributed by atoms with Gasteiger partial charge in [0.1, 0.15) is 5.82 Å². The molecule has 0 aromatic carbocycles. The minimum absolute atomic E-state index is 0.0515. The molecule has 2 fully saturated rings. The number of aromatic amines is 1. The Kier molecular flexibility index (Phi) is 4.50. The number of hydrogen-bond donors (Lipinski definition) is 1. The van der Waals surface area contributed by atoms with E-state index in [0.29, 0.717) is 11.9 Å². The van der Waals surface area contributed by atoms with Gasteiger partial charge in [-0.2, -0.15) is 0 Å². The Morgan fingerprint density at radius 1 is 1.38 bits per heavy atom. The first-order valence-electron chi connectivity index (χ1n) is 7.80. The van der Waals surface area contributed by atoms with E-state index < -0.39 is 0 Å². The van der Waals surface area contributed by atoms with Crippen LogP contribution in [0.25, 0.3) is 0 Å². The number of nitrogens with one attached hydrogen (secondary N) is 1. The number of likely N-dealkylation sites (tertiary alicyclic amines) is 1. The van der Waals surface area contributed by atoms with Crippen molar-refractivity contribution < 1.29 is 9.53 Å². The lowest BCUT2D eigenvalue weighted by Gasteiger charge is -2.31. The lowest BCUT2D eigenvalue weighted by molar-refractivity contribution is 0.0184. The monoisotopic (exact) mass is 293 g/mol. The van der Waals surface area contributed by atoms with Crippen LogP contribution in [0.2, 0.25) is 0 Å². The fourth-order valence-corrected chi connectivity index (χ4v) is 3.05. The summed E-state index contributed by atoms with van der Waals surface area (Å²) in [6, 6.07) is 0.451. The van der Waals surface area contributed by atoms with E-state index in [1.807, 2.05) is 4.90 Å². The Morgan fingerprint density at radius 3 is 2.95 bits per heavy atom. The van der Waals surface area contributed by atoms with Crippen LogP contribution < -0.4 is 0 Å². The Labute approximate surface area is 124 Å². The van der Waals surface area contributed by atoms with E-state index in [0.717, 1.165) is 64.5 Å². The number of nitrogens with zero attached hydrogens (tertiary/aromatic N) is 4. The topological polar surface area (TPSA) is 74.3 Å². The number of H-pyrrole nitrogens is 1. The van der Waals surface area contributed by atoms with E-state index in [1.165, 1.54) is 0 Å². The summed E-state index contributed by atoms with van der Waals surface area (Å²) in [7, 11) is 0. The van der Waals surface area contributed by atoms with Crippen LogP contribution in [0.5, 0.6) is 0 Å². The molecule has 1 atom stereocenters. The summed E-state index contributed by atoms with van der Waals surface area (Å²) >= 11 is 0. The molecule has 3 heterocycles. The maximum Gasteiger partial charge on any atom is 0.293 e. The molecule has 1 aromatic heterocycles. The van der Waals surface area contributed by atoms with E-state index in [9.17, 15) is 4.79 Å². The van der Waals surface area contributed by atoms with Gasteiger partial charge in [0.05, 0.1) is 13.2 Å². The van der Waals surface area contributed by atoms with Gasteiger partial charge >= 0.3 is 0 Å². The number of carbonyl (C=O) groups excluding carboxylic acids is 1. The van der Waals surface area contributed by atoms with Crippen molar-refractivity contribution in [1.29, 1.82) is 0 Å². The molecule has 0 bridgehead atoms. The summed E-state index contributed by atoms with van der Waals surface area (Å²) in [5.74, 6) is 1.05. The molecule has 1 aromatic rings. The zero-order chi connectivity index (χ0) is 14.7. The van der Waals surface area contributed by atoms with E-state index in [1.54, 1.807) is 0 Å². The van der Waals surface area contributed by atoms with Crippen molar-refractivity contribution in [2.45, 2.75) is 32.2 Å². The van der Waals surface area contributed by atoms with Crippen LogP contribution >= 0.6 is 0 Å². The highest BCUT2D eigenvalue weighted by Gasteiger charge is 2.32. The fourth-order valence-electron chi connectivity index (χ4n) is 3.05. The van der Waals surface area contributed by atoms with Crippen LogP contribution in [-0.2, 0) is 11.2 Å². The number of aryl methyl sites for hydroxylation is 1. The first kappa shape index (κ1) is 14.5. The molecular weight excluding hydrogens is 270 g/mol. The maximum atomic E-state index is 12.4. The van der Waals surface area contributed by atoms with Crippen LogP contribution in [0.4, 0.5) is 0 Å². The molecule has 0 radical (unpaired) electrons. The lowest BCUT2D eigenvalue weighted by atomic mass is 10.2. The van der Waals surface area contributed by atoms with Gasteiger partial charge in [-0.3, -0.25) is 14.8 Å². The molecule has 1 amide bonds. The average Bonchev–Trinajstić information content (AvgIpc) is 3.17. The molecular formula is C14H23N5O2. The highest BCUT2D eigenvalue weighted by Crippen LogP contribution is 2.18. The third-order valence-corrected chi connectivity index (χ3v) is 4.22. The summed E-state index contributed by atoms with van der Waals surface area (Å²) in [4.78, 5) is 21.0. The smallest absolute Gasteiger partial charge is 0.293 e. The predicted molar refractivity (Wildman–Crippen MR) is 77.1 cm³/mol. The molecule has 0 spiro atoms. The minimum Gasteiger partial charge on any atom is -0.379 e. The summed E-state index contributed by atoms with van der Waals surface area (Å²) in [5.41, 5.74) is 0. The standard InChI is InChI=1S/C14H23N5O2/c1-2-3-12-15-13(17-16-12)14(20)19-5-4-11(10-19)18-6-8-21-9-7-18/h11H,2-10H2,1H3,(H,15,16,17). The Morgan fingerprint density at radius 2 is 2.19 bits per heavy atom. The van der Waals surface area contributed by atoms with Gasteiger partial charge in [-0.15, -0.1) is 5.10 Å². The highest BCUT2D eigenvalue weighted by atomic mass is 16.5. The molecule has 1 N–H and O–H groups in total. The van der Waals surface area contributed by atoms with Crippen molar-refractivity contribution in [1.82, 2.24) is 25.0 Å². The van der Waals surface area contributed by atoms with Crippen LogP contribution in [0.15, 0.2) is 0 Å². The van der Waals surface area contributed by atoms with Gasteiger partial charge in [-0.25, -0.2) is 4.98 Å². The third kappa shape index (κ3) is 3.24. The molecule has 116 valence electrons. The number of hydrogen-bond acceptors (Lipinski definition) is 5. The lowest BCUT2D eigenvalue weighted by Crippen LogP contribution is -2.45. The summed E-state index contributed by atoms with van der Waals surface area (Å²) in [6.07, 6.45) is 2.85. The number of amides is 1. The molecule has 0 aliphatic carbocycles. The van der Waals surface area contributed by atoms with Gasteiger partial charge in [0.15, 0.2) is 0 Å². The van der Waals surface area contributed by atoms with Crippen molar-refractivity contribution in [3.05, 3.63) is 11.6 Å². The predicted octanol–water partition coefficient (Wildman–Crippen LogP) is 0.304. The van der Waals surface area contributed by atoms with Crippen molar-refractivity contribution in [2.75, 3.05) is 39.4 Å². The molecule has 2 saturated heterocycles. The first-order chi connectivity index (χ1) is 10.3. The van der Waals surface area contributed by atoms with Crippen molar-refractivity contribution in [2.24, 2.45) is 0 Å². The molecule has 2 aliphatic heterocycles. The van der Waals surface area contributed by atoms with Gasteiger partial charge in [-0.1, -0.05) is 6.92 Å². The summed E-state index contributed by atoms with van der Waals surface area (Å²) in [6.45, 7) is 7.17.